The summed E-state index contributed by atoms with van der Waals surface area (Å²) < 4.78 is 19.4. The van der Waals surface area contributed by atoms with Crippen molar-refractivity contribution in [1.82, 2.24) is 14.9 Å². The monoisotopic (exact) mass is 412 g/mol. The molecule has 4 rings (SSSR count). The van der Waals surface area contributed by atoms with E-state index in [1.165, 1.54) is 12.8 Å². The molecule has 0 atom stereocenters. The van der Waals surface area contributed by atoms with Crippen molar-refractivity contribution in [1.29, 1.82) is 0 Å². The number of halogens is 1. The molecule has 2 fully saturated rings. The first-order chi connectivity index (χ1) is 14.5. The number of hydrogen-bond donors (Lipinski definition) is 1. The van der Waals surface area contributed by atoms with Gasteiger partial charge in [-0.2, -0.15) is 0 Å². The lowest BCUT2D eigenvalue weighted by Crippen LogP contribution is -2.26. The molecule has 1 aromatic heterocycles. The number of rotatable bonds is 8. The third-order valence-corrected chi connectivity index (χ3v) is 6.19. The average Bonchev–Trinajstić information content (AvgIpc) is 3.37. The molecule has 2 aliphatic rings. The molecule has 1 saturated heterocycles. The number of amides is 1. The van der Waals surface area contributed by atoms with Gasteiger partial charge in [0.05, 0.1) is 5.41 Å². The van der Waals surface area contributed by atoms with E-state index in [0.717, 1.165) is 47.9 Å². The summed E-state index contributed by atoms with van der Waals surface area (Å²) in [6.45, 7) is 6.99. The fourth-order valence-electron chi connectivity index (χ4n) is 4.04. The van der Waals surface area contributed by atoms with E-state index in [-0.39, 0.29) is 5.91 Å². The number of aromatic nitrogens is 2. The fourth-order valence-corrected chi connectivity index (χ4v) is 4.04. The first-order valence-electron chi connectivity index (χ1n) is 10.7. The van der Waals surface area contributed by atoms with Gasteiger partial charge in [0.1, 0.15) is 25.4 Å². The number of ether oxygens (including phenoxy) is 1. The molecule has 1 aromatic carbocycles. The van der Waals surface area contributed by atoms with Crippen LogP contribution >= 0.6 is 0 Å². The third kappa shape index (κ3) is 4.31. The van der Waals surface area contributed by atoms with Crippen molar-refractivity contribution in [2.24, 2.45) is 5.41 Å². The molecule has 7 heteroatoms. The standard InChI is InChI=1S/C23H29FN4O2/c1-16-21(17(2)26-15-25-16)19-13-18(27-22(29)23(14-24)7-8-23)5-6-20(19)30-12-11-28-9-3-4-10-28/h5-6,13,15H,3-4,7-12,14H2,1-2H3,(H,27,29). The Hall–Kier alpha value is -2.54. The van der Waals surface area contributed by atoms with Gasteiger partial charge in [-0.3, -0.25) is 9.69 Å². The number of likely N-dealkylation sites (tertiary alicyclic amines) is 1. The normalized spacial score (nSPS) is 17.7. The molecular weight excluding hydrogens is 383 g/mol. The summed E-state index contributed by atoms with van der Waals surface area (Å²) in [6, 6.07) is 5.57. The van der Waals surface area contributed by atoms with Gasteiger partial charge in [0, 0.05) is 34.7 Å². The topological polar surface area (TPSA) is 67.3 Å². The predicted octanol–water partition coefficient (Wildman–Crippen LogP) is 3.92. The van der Waals surface area contributed by atoms with Crippen LogP contribution in [0.25, 0.3) is 11.1 Å². The van der Waals surface area contributed by atoms with Gasteiger partial charge in [-0.15, -0.1) is 0 Å². The van der Waals surface area contributed by atoms with E-state index in [1.54, 1.807) is 6.33 Å². The van der Waals surface area contributed by atoms with Crippen molar-refractivity contribution in [3.8, 4) is 16.9 Å². The van der Waals surface area contributed by atoms with E-state index in [2.05, 4.69) is 20.2 Å². The molecular formula is C23H29FN4O2. The van der Waals surface area contributed by atoms with Gasteiger partial charge in [0.25, 0.3) is 0 Å². The zero-order valence-corrected chi connectivity index (χ0v) is 17.7. The summed E-state index contributed by atoms with van der Waals surface area (Å²) in [4.78, 5) is 23.6. The molecule has 1 aliphatic heterocycles. The number of carbonyl (C=O) groups excluding carboxylic acids is 1. The van der Waals surface area contributed by atoms with Crippen LogP contribution in [0, 0.1) is 19.3 Å². The van der Waals surface area contributed by atoms with E-state index >= 15 is 0 Å². The molecule has 2 aromatic rings. The molecule has 0 bridgehead atoms. The summed E-state index contributed by atoms with van der Waals surface area (Å²) in [5, 5.41) is 2.89. The van der Waals surface area contributed by atoms with Gasteiger partial charge in [-0.25, -0.2) is 14.4 Å². The maximum Gasteiger partial charge on any atom is 0.233 e. The van der Waals surface area contributed by atoms with Crippen LogP contribution in [0.1, 0.15) is 37.1 Å². The largest absolute Gasteiger partial charge is 0.492 e. The molecule has 30 heavy (non-hydrogen) atoms. The molecule has 0 radical (unpaired) electrons. The Morgan fingerprint density at radius 3 is 2.53 bits per heavy atom. The Bertz CT molecular complexity index is 903. The fraction of sp³-hybridized carbons (Fsp3) is 0.522. The van der Waals surface area contributed by atoms with Gasteiger partial charge < -0.3 is 10.1 Å². The Kier molecular flexibility index (Phi) is 5.99. The number of anilines is 1. The maximum atomic E-state index is 13.3. The van der Waals surface area contributed by atoms with Crippen LogP contribution in [0.2, 0.25) is 0 Å². The second kappa shape index (κ2) is 8.68. The Morgan fingerprint density at radius 2 is 1.90 bits per heavy atom. The van der Waals surface area contributed by atoms with Gasteiger partial charge in [-0.1, -0.05) is 0 Å². The maximum absolute atomic E-state index is 13.3. The van der Waals surface area contributed by atoms with E-state index < -0.39 is 12.1 Å². The zero-order valence-electron chi connectivity index (χ0n) is 17.7. The minimum Gasteiger partial charge on any atom is -0.492 e. The Balaban J connectivity index is 1.59. The van der Waals surface area contributed by atoms with Crippen molar-refractivity contribution in [2.45, 2.75) is 39.5 Å². The van der Waals surface area contributed by atoms with E-state index in [0.29, 0.717) is 25.1 Å². The number of nitrogens with zero attached hydrogens (tertiary/aromatic N) is 3. The Morgan fingerprint density at radius 1 is 1.20 bits per heavy atom. The van der Waals surface area contributed by atoms with Crippen LogP contribution in [0.4, 0.5) is 10.1 Å². The number of benzene rings is 1. The van der Waals surface area contributed by atoms with Crippen LogP contribution in [0.15, 0.2) is 24.5 Å². The summed E-state index contributed by atoms with van der Waals surface area (Å²) in [7, 11) is 0. The quantitative estimate of drug-likeness (QED) is 0.712. The molecule has 1 N–H and O–H groups in total. The summed E-state index contributed by atoms with van der Waals surface area (Å²) >= 11 is 0. The highest BCUT2D eigenvalue weighted by Crippen LogP contribution is 2.47. The van der Waals surface area contributed by atoms with Crippen molar-refractivity contribution >= 4 is 11.6 Å². The van der Waals surface area contributed by atoms with Crippen LogP contribution in [0.3, 0.4) is 0 Å². The number of alkyl halides is 1. The number of aryl methyl sites for hydroxylation is 2. The van der Waals surface area contributed by atoms with Crippen molar-refractivity contribution in [3.05, 3.63) is 35.9 Å². The van der Waals surface area contributed by atoms with E-state index in [1.807, 2.05) is 32.0 Å². The lowest BCUT2D eigenvalue weighted by molar-refractivity contribution is -0.121. The molecule has 0 spiro atoms. The lowest BCUT2D eigenvalue weighted by atomic mass is 10.0. The molecule has 6 nitrogen and oxygen atoms in total. The van der Waals surface area contributed by atoms with Gasteiger partial charge in [-0.05, 0) is 70.8 Å². The number of nitrogens with one attached hydrogen (secondary N) is 1. The predicted molar refractivity (Wildman–Crippen MR) is 114 cm³/mol. The summed E-state index contributed by atoms with van der Waals surface area (Å²) in [5.41, 5.74) is 3.22. The van der Waals surface area contributed by atoms with Gasteiger partial charge in [0.15, 0.2) is 0 Å². The van der Waals surface area contributed by atoms with Crippen LogP contribution < -0.4 is 10.1 Å². The van der Waals surface area contributed by atoms with Crippen molar-refractivity contribution in [3.63, 3.8) is 0 Å². The van der Waals surface area contributed by atoms with Gasteiger partial charge >= 0.3 is 0 Å². The third-order valence-electron chi connectivity index (χ3n) is 6.19. The van der Waals surface area contributed by atoms with Crippen molar-refractivity contribution < 1.29 is 13.9 Å². The SMILES string of the molecule is Cc1ncnc(C)c1-c1cc(NC(=O)C2(CF)CC2)ccc1OCCN1CCCC1. The average molecular weight is 413 g/mol. The van der Waals surface area contributed by atoms with Crippen LogP contribution in [0.5, 0.6) is 5.75 Å². The second-order valence-corrected chi connectivity index (χ2v) is 8.40. The molecule has 1 aliphatic carbocycles. The highest BCUT2D eigenvalue weighted by atomic mass is 19.1. The highest BCUT2D eigenvalue weighted by Gasteiger charge is 2.50. The van der Waals surface area contributed by atoms with E-state index in [4.69, 9.17) is 4.74 Å². The first-order valence-corrected chi connectivity index (χ1v) is 10.7. The van der Waals surface area contributed by atoms with Crippen LogP contribution in [-0.2, 0) is 4.79 Å². The van der Waals surface area contributed by atoms with Gasteiger partial charge in [0.2, 0.25) is 5.91 Å². The summed E-state index contributed by atoms with van der Waals surface area (Å²) in [5.74, 6) is 0.483. The molecule has 1 saturated carbocycles. The van der Waals surface area contributed by atoms with Crippen molar-refractivity contribution in [2.75, 3.05) is 38.2 Å². The molecule has 1 amide bonds. The number of carbonyl (C=O) groups is 1. The molecule has 160 valence electrons. The zero-order chi connectivity index (χ0) is 21.1. The van der Waals surface area contributed by atoms with Crippen LogP contribution in [-0.4, -0.2) is 53.7 Å². The Labute approximate surface area is 176 Å². The summed E-state index contributed by atoms with van der Waals surface area (Å²) in [6.07, 6.45) is 5.25. The molecule has 0 unspecified atom stereocenters. The highest BCUT2D eigenvalue weighted by molar-refractivity contribution is 5.98. The minimum absolute atomic E-state index is 0.253. The second-order valence-electron chi connectivity index (χ2n) is 8.40. The first kappa shape index (κ1) is 20.7. The lowest BCUT2D eigenvalue weighted by Gasteiger charge is -2.19. The minimum atomic E-state index is -0.841. The van der Waals surface area contributed by atoms with E-state index in [9.17, 15) is 9.18 Å². The number of hydrogen-bond acceptors (Lipinski definition) is 5. The smallest absolute Gasteiger partial charge is 0.233 e. The molecule has 2 heterocycles.